The minimum atomic E-state index is 0. The molecule has 0 aromatic rings. The van der Waals surface area contributed by atoms with Crippen LogP contribution in [0.3, 0.4) is 0 Å². The summed E-state index contributed by atoms with van der Waals surface area (Å²) in [6, 6.07) is 0. The van der Waals surface area contributed by atoms with E-state index in [2.05, 4.69) is 13.8 Å². The van der Waals surface area contributed by atoms with Gasteiger partial charge in [-0.1, -0.05) is 26.7 Å². The Morgan fingerprint density at radius 3 is 2.30 bits per heavy atom. The van der Waals surface area contributed by atoms with Gasteiger partial charge in [0.05, 0.1) is 0 Å². The van der Waals surface area contributed by atoms with E-state index in [0.717, 1.165) is 19.1 Å². The summed E-state index contributed by atoms with van der Waals surface area (Å²) >= 11 is 0. The van der Waals surface area contributed by atoms with Crippen LogP contribution in [0.5, 0.6) is 0 Å². The molecule has 1 nitrogen and oxygen atoms in total. The summed E-state index contributed by atoms with van der Waals surface area (Å²) in [6.45, 7) is 4.21. The predicted octanol–water partition coefficient (Wildman–Crippen LogP) is 1.49. The molecule has 0 aliphatic heterocycles. The molecule has 58 valence electrons. The molecule has 0 aromatic carbocycles. The van der Waals surface area contributed by atoms with Gasteiger partial charge in [-0.3, -0.25) is 0 Å². The summed E-state index contributed by atoms with van der Waals surface area (Å²) in [7, 11) is 0. The van der Waals surface area contributed by atoms with Gasteiger partial charge in [0.2, 0.25) is 0 Å². The zero-order valence-corrected chi connectivity index (χ0v) is 6.39. The van der Waals surface area contributed by atoms with Crippen LogP contribution in [0.1, 0.15) is 39.5 Å². The molecule has 0 radical (unpaired) electrons. The van der Waals surface area contributed by atoms with Gasteiger partial charge in [-0.2, -0.15) is 0 Å². The zero-order chi connectivity index (χ0) is 7.11. The molecular weight excluding hydrogens is 249 g/mol. The van der Waals surface area contributed by atoms with Gasteiger partial charge in [0, 0.05) is 5.92 Å². The minimum absolute atomic E-state index is 0. The van der Waals surface area contributed by atoms with Crippen molar-refractivity contribution in [3.05, 3.63) is 0 Å². The standard InChI is InChI=1S/C8H16O.Ba.2H/c1-3-5-6-8(4-2)7-9;;;/h7-8H,3-6H2,1-2H3;;;. The van der Waals surface area contributed by atoms with E-state index in [9.17, 15) is 4.79 Å². The second-order valence-corrected chi connectivity index (χ2v) is 2.45. The molecule has 0 saturated heterocycles. The number of rotatable bonds is 5. The second kappa shape index (κ2) is 10.2. The van der Waals surface area contributed by atoms with E-state index in [0.29, 0.717) is 5.92 Å². The molecule has 0 fully saturated rings. The Bertz CT molecular complexity index is 73.7. The Kier molecular flexibility index (Phi) is 14.1. The Labute approximate surface area is 104 Å². The molecule has 0 rings (SSSR count). The van der Waals surface area contributed by atoms with Gasteiger partial charge in [0.1, 0.15) is 6.29 Å². The van der Waals surface area contributed by atoms with Crippen LogP contribution < -0.4 is 0 Å². The van der Waals surface area contributed by atoms with Gasteiger partial charge >= 0.3 is 48.9 Å². The molecule has 0 heterocycles. The van der Waals surface area contributed by atoms with E-state index in [1.54, 1.807) is 0 Å². The maximum atomic E-state index is 10.2. The first-order valence-electron chi connectivity index (χ1n) is 3.80. The van der Waals surface area contributed by atoms with Crippen molar-refractivity contribution in [3.8, 4) is 0 Å². The van der Waals surface area contributed by atoms with E-state index in [1.807, 2.05) is 0 Å². The van der Waals surface area contributed by atoms with Crippen molar-refractivity contribution in [1.82, 2.24) is 0 Å². The molecule has 1 atom stereocenters. The quantitative estimate of drug-likeness (QED) is 0.545. The summed E-state index contributed by atoms with van der Waals surface area (Å²) in [6.07, 6.45) is 5.55. The molecule has 0 aromatic heterocycles. The fourth-order valence-electron chi connectivity index (χ4n) is 0.835. The number of aldehydes is 1. The van der Waals surface area contributed by atoms with Crippen LogP contribution in [0.2, 0.25) is 0 Å². The van der Waals surface area contributed by atoms with Gasteiger partial charge in [-0.05, 0) is 12.8 Å². The van der Waals surface area contributed by atoms with Gasteiger partial charge in [-0.25, -0.2) is 0 Å². The van der Waals surface area contributed by atoms with E-state index < -0.39 is 0 Å². The maximum absolute atomic E-state index is 10.2. The van der Waals surface area contributed by atoms with Crippen LogP contribution in [-0.4, -0.2) is 55.2 Å². The Morgan fingerprint density at radius 2 is 2.00 bits per heavy atom. The van der Waals surface area contributed by atoms with Gasteiger partial charge in [0.25, 0.3) is 0 Å². The number of hydrogen-bond donors (Lipinski definition) is 0. The predicted molar refractivity (Wildman–Crippen MR) is 47.9 cm³/mol. The molecule has 0 aliphatic rings. The van der Waals surface area contributed by atoms with Gasteiger partial charge in [0.15, 0.2) is 0 Å². The molecule has 1 unspecified atom stereocenters. The fraction of sp³-hybridized carbons (Fsp3) is 0.875. The Hall–Kier alpha value is 1.24. The third-order valence-corrected chi connectivity index (χ3v) is 1.65. The van der Waals surface area contributed by atoms with Gasteiger partial charge < -0.3 is 4.79 Å². The van der Waals surface area contributed by atoms with Crippen molar-refractivity contribution < 1.29 is 4.79 Å². The molecular formula is C8H18BaO. The van der Waals surface area contributed by atoms with Crippen molar-refractivity contribution in [1.29, 1.82) is 0 Å². The first-order valence-corrected chi connectivity index (χ1v) is 3.80. The Morgan fingerprint density at radius 1 is 1.40 bits per heavy atom. The van der Waals surface area contributed by atoms with Crippen LogP contribution in [-0.2, 0) is 4.79 Å². The summed E-state index contributed by atoms with van der Waals surface area (Å²) in [5.41, 5.74) is 0. The molecule has 0 spiro atoms. The Balaban J connectivity index is 0. The number of carbonyl (C=O) groups excluding carboxylic acids is 1. The molecule has 10 heavy (non-hydrogen) atoms. The number of hydrogen-bond acceptors (Lipinski definition) is 1. The summed E-state index contributed by atoms with van der Waals surface area (Å²) in [5, 5.41) is 0. The van der Waals surface area contributed by atoms with Gasteiger partial charge in [-0.15, -0.1) is 0 Å². The molecule has 0 bridgehead atoms. The summed E-state index contributed by atoms with van der Waals surface area (Å²) in [5.74, 6) is 0.324. The van der Waals surface area contributed by atoms with E-state index in [1.165, 1.54) is 12.8 Å². The first-order chi connectivity index (χ1) is 4.35. The first kappa shape index (κ1) is 13.8. The van der Waals surface area contributed by atoms with Crippen molar-refractivity contribution in [2.75, 3.05) is 0 Å². The van der Waals surface area contributed by atoms with E-state index in [-0.39, 0.29) is 48.9 Å². The van der Waals surface area contributed by atoms with Crippen molar-refractivity contribution >= 4 is 55.2 Å². The van der Waals surface area contributed by atoms with Crippen LogP contribution in [0.15, 0.2) is 0 Å². The number of unbranched alkanes of at least 4 members (excludes halogenated alkanes) is 1. The zero-order valence-electron chi connectivity index (χ0n) is 6.39. The van der Waals surface area contributed by atoms with E-state index >= 15 is 0 Å². The molecule has 0 amide bonds. The third-order valence-electron chi connectivity index (χ3n) is 1.65. The van der Waals surface area contributed by atoms with Crippen LogP contribution in [0.4, 0.5) is 0 Å². The third kappa shape index (κ3) is 7.35. The van der Waals surface area contributed by atoms with Crippen molar-refractivity contribution in [2.24, 2.45) is 5.92 Å². The fourth-order valence-corrected chi connectivity index (χ4v) is 0.835. The SMILES string of the molecule is CCCCC(C=O)CC.[BaH2]. The normalized spacial score (nSPS) is 11.8. The average molecular weight is 268 g/mol. The average Bonchev–Trinajstić information content (AvgIpc) is 1.91. The van der Waals surface area contributed by atoms with E-state index in [4.69, 9.17) is 0 Å². The molecule has 0 saturated carbocycles. The van der Waals surface area contributed by atoms with Crippen molar-refractivity contribution in [3.63, 3.8) is 0 Å². The number of carbonyl (C=O) groups is 1. The monoisotopic (exact) mass is 268 g/mol. The van der Waals surface area contributed by atoms with Crippen LogP contribution >= 0.6 is 0 Å². The molecule has 2 heteroatoms. The molecule has 0 N–H and O–H groups in total. The van der Waals surface area contributed by atoms with Crippen LogP contribution in [0.25, 0.3) is 0 Å². The summed E-state index contributed by atoms with van der Waals surface area (Å²) < 4.78 is 0. The molecule has 0 aliphatic carbocycles. The second-order valence-electron chi connectivity index (χ2n) is 2.45. The van der Waals surface area contributed by atoms with Crippen LogP contribution in [0, 0.1) is 5.92 Å². The summed E-state index contributed by atoms with van der Waals surface area (Å²) in [4.78, 5) is 10.2. The van der Waals surface area contributed by atoms with Crippen molar-refractivity contribution in [2.45, 2.75) is 39.5 Å². The topological polar surface area (TPSA) is 17.1 Å².